The predicted molar refractivity (Wildman–Crippen MR) is 166 cm³/mol. The van der Waals surface area contributed by atoms with E-state index in [1.807, 2.05) is 11.8 Å². The number of hydrogen-bond acceptors (Lipinski definition) is 9. The molecule has 0 atom stereocenters. The summed E-state index contributed by atoms with van der Waals surface area (Å²) in [7, 11) is -8.34. The summed E-state index contributed by atoms with van der Waals surface area (Å²) in [5.41, 5.74) is -5.13. The van der Waals surface area contributed by atoms with Gasteiger partial charge in [0.1, 0.15) is 5.70 Å². The summed E-state index contributed by atoms with van der Waals surface area (Å²) in [5, 5.41) is 24.5. The number of rotatable bonds is 12. The van der Waals surface area contributed by atoms with Crippen LogP contribution in [0.4, 0.5) is 79.8 Å². The van der Waals surface area contributed by atoms with Gasteiger partial charge in [-0.2, -0.15) is 53.4 Å². The van der Waals surface area contributed by atoms with E-state index in [1.54, 1.807) is 24.3 Å². The molecule has 292 valence electrons. The van der Waals surface area contributed by atoms with E-state index in [9.17, 15) is 57.4 Å². The SMILES string of the molecule is CCN(CCO)c1ccc(N=Nc2ccc(N=NC3=C(S(=O)(=O)C(F)(F)C(F)(F)C(F)(F)C(F)(F)F)C(F)(F)C(=CO)C(F)=C3F)c3ccccc23)cc1. The van der Waals surface area contributed by atoms with Crippen molar-refractivity contribution in [1.29, 1.82) is 0 Å². The highest BCUT2D eigenvalue weighted by atomic mass is 32.2. The van der Waals surface area contributed by atoms with Gasteiger partial charge >= 0.3 is 29.2 Å². The van der Waals surface area contributed by atoms with Crippen molar-refractivity contribution < 1.29 is 75.7 Å². The first-order chi connectivity index (χ1) is 24.9. The fourth-order valence-corrected chi connectivity index (χ4v) is 6.44. The number of hydrogen-bond donors (Lipinski definition) is 2. The molecule has 0 aromatic heterocycles. The van der Waals surface area contributed by atoms with Gasteiger partial charge in [-0.05, 0) is 43.3 Å². The minimum atomic E-state index is -8.34. The molecule has 0 saturated heterocycles. The number of halogens is 13. The number of sulfone groups is 1. The number of benzene rings is 3. The van der Waals surface area contributed by atoms with Crippen LogP contribution < -0.4 is 4.90 Å². The van der Waals surface area contributed by atoms with Gasteiger partial charge < -0.3 is 15.1 Å². The van der Waals surface area contributed by atoms with Crippen molar-refractivity contribution in [1.82, 2.24) is 0 Å². The number of alkyl halides is 11. The lowest BCUT2D eigenvalue weighted by molar-refractivity contribution is -0.382. The van der Waals surface area contributed by atoms with Gasteiger partial charge in [0.15, 0.2) is 16.6 Å². The molecule has 0 radical (unpaired) electrons. The highest BCUT2D eigenvalue weighted by Crippen LogP contribution is 2.59. The van der Waals surface area contributed by atoms with Gasteiger partial charge in [0, 0.05) is 29.5 Å². The fraction of sp³-hybridized carbons (Fsp3) is 0.290. The van der Waals surface area contributed by atoms with Gasteiger partial charge in [-0.25, -0.2) is 17.2 Å². The smallest absolute Gasteiger partial charge is 0.460 e. The molecule has 23 heteroatoms. The Labute approximate surface area is 295 Å². The van der Waals surface area contributed by atoms with E-state index in [1.165, 1.54) is 24.3 Å². The lowest BCUT2D eigenvalue weighted by Gasteiger charge is -2.35. The Morgan fingerprint density at radius 3 is 1.74 bits per heavy atom. The van der Waals surface area contributed by atoms with E-state index in [2.05, 4.69) is 20.5 Å². The van der Waals surface area contributed by atoms with E-state index in [0.717, 1.165) is 17.8 Å². The maximum absolute atomic E-state index is 15.3. The van der Waals surface area contributed by atoms with Crippen molar-refractivity contribution in [3.8, 4) is 0 Å². The molecule has 0 heterocycles. The summed E-state index contributed by atoms with van der Waals surface area (Å²) in [6.45, 7) is 2.69. The van der Waals surface area contributed by atoms with Crippen LogP contribution >= 0.6 is 0 Å². The Balaban J connectivity index is 1.87. The van der Waals surface area contributed by atoms with Crippen LogP contribution in [-0.4, -0.2) is 67.5 Å². The molecule has 9 nitrogen and oxygen atoms in total. The molecule has 1 aliphatic rings. The normalized spacial score (nSPS) is 17.1. The van der Waals surface area contributed by atoms with Crippen LogP contribution in [0.3, 0.4) is 0 Å². The summed E-state index contributed by atoms with van der Waals surface area (Å²) in [4.78, 5) is -1.88. The van der Waals surface area contributed by atoms with Crippen molar-refractivity contribution >= 4 is 43.4 Å². The number of aliphatic hydroxyl groups is 2. The quantitative estimate of drug-likeness (QED) is 0.107. The summed E-state index contributed by atoms with van der Waals surface area (Å²) < 4.78 is 209. The molecule has 0 bridgehead atoms. The molecular weight excluding hydrogens is 785 g/mol. The van der Waals surface area contributed by atoms with E-state index in [4.69, 9.17) is 5.11 Å². The molecular formula is C31H22F13N5O4S. The summed E-state index contributed by atoms with van der Waals surface area (Å²) in [6, 6.07) is 13.9. The van der Waals surface area contributed by atoms with Crippen molar-refractivity contribution in [2.45, 2.75) is 36.1 Å². The van der Waals surface area contributed by atoms with Crippen LogP contribution in [-0.2, 0) is 9.84 Å². The molecule has 3 aromatic rings. The van der Waals surface area contributed by atoms with Crippen molar-refractivity contribution in [2.75, 3.05) is 24.6 Å². The van der Waals surface area contributed by atoms with Gasteiger partial charge in [0.2, 0.25) is 0 Å². The number of fused-ring (bicyclic) bond motifs is 1. The zero-order valence-corrected chi connectivity index (χ0v) is 27.6. The fourth-order valence-electron chi connectivity index (χ4n) is 4.89. The van der Waals surface area contributed by atoms with E-state index in [-0.39, 0.29) is 23.1 Å². The first-order valence-electron chi connectivity index (χ1n) is 14.7. The lowest BCUT2D eigenvalue weighted by atomic mass is 10.0. The Morgan fingerprint density at radius 1 is 0.759 bits per heavy atom. The molecule has 1 aliphatic carbocycles. The summed E-state index contributed by atoms with van der Waals surface area (Å²) in [6.07, 6.45) is -8.69. The first-order valence-corrected chi connectivity index (χ1v) is 16.2. The second-order valence-electron chi connectivity index (χ2n) is 11.0. The molecule has 0 aliphatic heterocycles. The van der Waals surface area contributed by atoms with Crippen LogP contribution in [0, 0.1) is 0 Å². The largest absolute Gasteiger partial charge is 0.515 e. The van der Waals surface area contributed by atoms with Crippen LogP contribution in [0.5, 0.6) is 0 Å². The van der Waals surface area contributed by atoms with Crippen molar-refractivity contribution in [2.24, 2.45) is 20.5 Å². The minimum Gasteiger partial charge on any atom is -0.515 e. The standard InChI is InChI=1S/C31H22F13N5O4S/c1-2-49(13-14-50)17-9-7-16(8-10-17)45-46-21-11-12-22(19-6-4-3-5-18(19)21)47-48-25-24(33)23(32)20(15-51)27(34,35)26(25)54(52,53)31(43,44)29(38,39)28(36,37)30(40,41)42/h3-12,15,50-51H,2,13-14H2,1H3. The van der Waals surface area contributed by atoms with Crippen LogP contribution in [0.15, 0.2) is 115 Å². The molecule has 0 amide bonds. The van der Waals surface area contributed by atoms with Gasteiger partial charge in [0.05, 0.1) is 35.5 Å². The lowest BCUT2D eigenvalue weighted by Crippen LogP contribution is -2.64. The van der Waals surface area contributed by atoms with Crippen LogP contribution in [0.25, 0.3) is 10.8 Å². The molecule has 54 heavy (non-hydrogen) atoms. The molecule has 0 saturated carbocycles. The number of likely N-dealkylation sites (N-methyl/N-ethyl adjacent to an activating group) is 1. The van der Waals surface area contributed by atoms with E-state index in [0.29, 0.717) is 18.8 Å². The molecule has 0 spiro atoms. The number of allylic oxidation sites excluding steroid dienone is 4. The van der Waals surface area contributed by atoms with Gasteiger partial charge in [0.25, 0.3) is 9.84 Å². The van der Waals surface area contributed by atoms with Crippen LogP contribution in [0.2, 0.25) is 0 Å². The molecule has 0 unspecified atom stereocenters. The van der Waals surface area contributed by atoms with Crippen molar-refractivity contribution in [3.63, 3.8) is 0 Å². The predicted octanol–water partition coefficient (Wildman–Crippen LogP) is 10.5. The average Bonchev–Trinajstić information content (AvgIpc) is 3.10. The molecule has 3 aromatic carbocycles. The maximum atomic E-state index is 15.3. The maximum Gasteiger partial charge on any atom is 0.460 e. The Morgan fingerprint density at radius 2 is 1.28 bits per heavy atom. The first kappa shape index (κ1) is 41.7. The zero-order valence-electron chi connectivity index (χ0n) is 26.7. The Hall–Kier alpha value is -5.06. The second-order valence-corrected chi connectivity index (χ2v) is 12.9. The number of nitrogens with zero attached hydrogens (tertiary/aromatic N) is 5. The second kappa shape index (κ2) is 14.6. The van der Waals surface area contributed by atoms with Gasteiger partial charge in [-0.3, -0.25) is 0 Å². The number of anilines is 1. The van der Waals surface area contributed by atoms with Crippen LogP contribution in [0.1, 0.15) is 6.92 Å². The molecule has 0 fully saturated rings. The van der Waals surface area contributed by atoms with Gasteiger partial charge in [-0.15, -0.1) is 15.3 Å². The highest BCUT2D eigenvalue weighted by molar-refractivity contribution is 7.96. The Kier molecular flexibility index (Phi) is 11.3. The minimum absolute atomic E-state index is 0.0538. The number of azo groups is 2. The van der Waals surface area contributed by atoms with E-state index >= 15 is 13.2 Å². The van der Waals surface area contributed by atoms with Crippen molar-refractivity contribution in [3.05, 3.63) is 94.8 Å². The molecule has 2 N–H and O–H groups in total. The third kappa shape index (κ3) is 6.89. The average molecular weight is 808 g/mol. The summed E-state index contributed by atoms with van der Waals surface area (Å²) in [5.74, 6) is -27.9. The zero-order chi connectivity index (χ0) is 40.7. The summed E-state index contributed by atoms with van der Waals surface area (Å²) >= 11 is 0. The third-order valence-electron chi connectivity index (χ3n) is 7.70. The molecule has 4 rings (SSSR count). The highest BCUT2D eigenvalue weighted by Gasteiger charge is 2.86. The Bertz CT molecular complexity index is 2180. The monoisotopic (exact) mass is 807 g/mol. The number of aliphatic hydroxyl groups excluding tert-OH is 2. The van der Waals surface area contributed by atoms with E-state index < -0.39 is 78.8 Å². The van der Waals surface area contributed by atoms with Gasteiger partial charge in [-0.1, -0.05) is 24.3 Å². The third-order valence-corrected chi connectivity index (χ3v) is 9.62. The topological polar surface area (TPSA) is 127 Å².